The van der Waals surface area contributed by atoms with Crippen molar-refractivity contribution >= 4 is 11.6 Å². The topological polar surface area (TPSA) is 47.0 Å². The van der Waals surface area contributed by atoms with Crippen molar-refractivity contribution in [3.8, 4) is 0 Å². The molecule has 0 N–H and O–H groups in total. The molecule has 0 fully saturated rings. The van der Waals surface area contributed by atoms with Gasteiger partial charge in [0, 0.05) is 17.5 Å². The lowest BCUT2D eigenvalue weighted by Crippen LogP contribution is -2.05. The molecule has 0 saturated carbocycles. The molecule has 0 atom stereocenters. The van der Waals surface area contributed by atoms with Crippen molar-refractivity contribution in [3.05, 3.63) is 29.6 Å². The van der Waals surface area contributed by atoms with Gasteiger partial charge in [0.1, 0.15) is 5.78 Å². The summed E-state index contributed by atoms with van der Waals surface area (Å²) in [6.45, 7) is 3.22. The lowest BCUT2D eigenvalue weighted by atomic mass is 10.1. The van der Waals surface area contributed by atoms with Gasteiger partial charge in [0.05, 0.1) is 6.42 Å². The first-order valence-electron chi connectivity index (χ1n) is 4.05. The van der Waals surface area contributed by atoms with Crippen LogP contribution < -0.4 is 0 Å². The fourth-order valence-electron chi connectivity index (χ4n) is 1.05. The summed E-state index contributed by atoms with van der Waals surface area (Å²) >= 11 is 0. The van der Waals surface area contributed by atoms with Gasteiger partial charge in [-0.2, -0.15) is 0 Å². The fourth-order valence-corrected chi connectivity index (χ4v) is 1.05. The second kappa shape index (κ2) is 3.94. The minimum Gasteiger partial charge on any atom is -0.300 e. The van der Waals surface area contributed by atoms with E-state index in [-0.39, 0.29) is 18.0 Å². The highest BCUT2D eigenvalue weighted by atomic mass is 16.1. The van der Waals surface area contributed by atoms with Crippen LogP contribution in [0.5, 0.6) is 0 Å². The minimum atomic E-state index is -0.141. The molecule has 1 aromatic heterocycles. The molecule has 0 saturated heterocycles. The van der Waals surface area contributed by atoms with Gasteiger partial charge in [-0.25, -0.2) is 0 Å². The van der Waals surface area contributed by atoms with E-state index in [0.717, 1.165) is 5.69 Å². The summed E-state index contributed by atoms with van der Waals surface area (Å²) in [4.78, 5) is 26.0. The van der Waals surface area contributed by atoms with E-state index in [1.807, 2.05) is 6.92 Å². The van der Waals surface area contributed by atoms with Gasteiger partial charge < -0.3 is 0 Å². The molecule has 0 unspecified atom stereocenters. The molecule has 1 heterocycles. The second-order valence-electron chi connectivity index (χ2n) is 2.99. The van der Waals surface area contributed by atoms with Crippen molar-refractivity contribution in [1.29, 1.82) is 0 Å². The summed E-state index contributed by atoms with van der Waals surface area (Å²) < 4.78 is 0. The summed E-state index contributed by atoms with van der Waals surface area (Å²) in [5.74, 6) is -0.252. The maximum atomic E-state index is 11.4. The highest BCUT2D eigenvalue weighted by Gasteiger charge is 2.08. The van der Waals surface area contributed by atoms with Gasteiger partial charge in [-0.3, -0.25) is 14.6 Å². The fraction of sp³-hybridized carbons (Fsp3) is 0.300. The van der Waals surface area contributed by atoms with Crippen LogP contribution in [0.4, 0.5) is 0 Å². The van der Waals surface area contributed by atoms with Crippen LogP contribution in [0, 0.1) is 6.92 Å². The third kappa shape index (κ3) is 2.78. The van der Waals surface area contributed by atoms with Crippen LogP contribution in [-0.4, -0.2) is 16.6 Å². The zero-order valence-corrected chi connectivity index (χ0v) is 7.70. The van der Waals surface area contributed by atoms with Crippen molar-refractivity contribution < 1.29 is 9.59 Å². The van der Waals surface area contributed by atoms with Gasteiger partial charge in [-0.05, 0) is 26.0 Å². The molecule has 0 spiro atoms. The number of rotatable bonds is 3. The van der Waals surface area contributed by atoms with Gasteiger partial charge in [-0.15, -0.1) is 0 Å². The maximum Gasteiger partial charge on any atom is 0.170 e. The summed E-state index contributed by atoms with van der Waals surface area (Å²) in [6, 6.07) is 3.31. The molecule has 68 valence electrons. The van der Waals surface area contributed by atoms with E-state index in [9.17, 15) is 9.59 Å². The van der Waals surface area contributed by atoms with Gasteiger partial charge in [0.2, 0.25) is 0 Å². The van der Waals surface area contributed by atoms with Gasteiger partial charge >= 0.3 is 0 Å². The molecule has 0 amide bonds. The zero-order chi connectivity index (χ0) is 9.84. The molecule has 13 heavy (non-hydrogen) atoms. The molecule has 1 rings (SSSR count). The first kappa shape index (κ1) is 9.58. The highest BCUT2D eigenvalue weighted by molar-refractivity contribution is 6.07. The van der Waals surface area contributed by atoms with E-state index in [2.05, 4.69) is 4.98 Å². The Balaban J connectivity index is 2.83. The lowest BCUT2D eigenvalue weighted by Gasteiger charge is -1.98. The largest absolute Gasteiger partial charge is 0.300 e. The summed E-state index contributed by atoms with van der Waals surface area (Å²) in [7, 11) is 0. The summed E-state index contributed by atoms with van der Waals surface area (Å²) in [6.07, 6.45) is 1.55. The average molecular weight is 177 g/mol. The van der Waals surface area contributed by atoms with E-state index in [1.165, 1.54) is 6.92 Å². The molecule has 0 bridgehead atoms. The van der Waals surface area contributed by atoms with E-state index in [1.54, 1.807) is 18.3 Å². The molecule has 3 nitrogen and oxygen atoms in total. The number of nitrogens with zero attached hydrogens (tertiary/aromatic N) is 1. The highest BCUT2D eigenvalue weighted by Crippen LogP contribution is 2.04. The Hall–Kier alpha value is -1.51. The van der Waals surface area contributed by atoms with Crippen LogP contribution in [0.1, 0.15) is 29.4 Å². The van der Waals surface area contributed by atoms with Crippen LogP contribution in [0.25, 0.3) is 0 Å². The van der Waals surface area contributed by atoms with Crippen LogP contribution in [-0.2, 0) is 4.79 Å². The molecule has 0 aromatic carbocycles. The molecule has 0 aliphatic carbocycles. The number of aromatic nitrogens is 1. The van der Waals surface area contributed by atoms with E-state index in [0.29, 0.717) is 5.56 Å². The van der Waals surface area contributed by atoms with E-state index in [4.69, 9.17) is 0 Å². The first-order valence-corrected chi connectivity index (χ1v) is 4.05. The molecule has 0 aliphatic rings. The molecule has 0 radical (unpaired) electrons. The Morgan fingerprint density at radius 1 is 1.46 bits per heavy atom. The quantitative estimate of drug-likeness (QED) is 0.520. The van der Waals surface area contributed by atoms with Crippen LogP contribution in [0.2, 0.25) is 0 Å². The smallest absolute Gasteiger partial charge is 0.170 e. The number of hydrogen-bond acceptors (Lipinski definition) is 3. The number of pyridine rings is 1. The number of ketones is 2. The Morgan fingerprint density at radius 2 is 2.15 bits per heavy atom. The Morgan fingerprint density at radius 3 is 2.69 bits per heavy atom. The Kier molecular flexibility index (Phi) is 2.90. The third-order valence-electron chi connectivity index (χ3n) is 1.63. The number of aryl methyl sites for hydroxylation is 1. The molecule has 1 aromatic rings. The number of Topliss-reactive ketones (excluding diaryl/α,β-unsaturated/α-hetero) is 2. The monoisotopic (exact) mass is 177 g/mol. The maximum absolute atomic E-state index is 11.4. The van der Waals surface area contributed by atoms with Crippen molar-refractivity contribution in [2.75, 3.05) is 0 Å². The van der Waals surface area contributed by atoms with Gasteiger partial charge in [0.15, 0.2) is 5.78 Å². The minimum absolute atomic E-state index is 0.0244. The van der Waals surface area contributed by atoms with E-state index < -0.39 is 0 Å². The number of carbonyl (C=O) groups excluding carboxylic acids is 2. The van der Waals surface area contributed by atoms with Crippen LogP contribution in [0.3, 0.4) is 0 Å². The summed E-state index contributed by atoms with van der Waals surface area (Å²) in [5, 5.41) is 0. The van der Waals surface area contributed by atoms with Crippen molar-refractivity contribution in [2.24, 2.45) is 0 Å². The Bertz CT molecular complexity index is 345. The predicted octanol–water partition coefficient (Wildman–Crippen LogP) is 1.55. The predicted molar refractivity (Wildman–Crippen MR) is 48.6 cm³/mol. The lowest BCUT2D eigenvalue weighted by molar-refractivity contribution is -0.116. The number of carbonyl (C=O) groups is 2. The van der Waals surface area contributed by atoms with Crippen molar-refractivity contribution in [2.45, 2.75) is 20.3 Å². The Labute approximate surface area is 76.8 Å². The van der Waals surface area contributed by atoms with Crippen LogP contribution >= 0.6 is 0 Å². The van der Waals surface area contributed by atoms with Gasteiger partial charge in [0.25, 0.3) is 0 Å². The SMILES string of the molecule is CC(=O)CC(=O)c1ccnc(C)c1. The standard InChI is InChI=1S/C10H11NO2/c1-7-5-9(3-4-11-7)10(13)6-8(2)12/h3-5H,6H2,1-2H3. The number of hydrogen-bond donors (Lipinski definition) is 0. The molecule has 3 heteroatoms. The molecular weight excluding hydrogens is 166 g/mol. The third-order valence-corrected chi connectivity index (χ3v) is 1.63. The molecule has 0 aliphatic heterocycles. The average Bonchev–Trinajstić information content (AvgIpc) is 2.03. The second-order valence-corrected chi connectivity index (χ2v) is 2.99. The van der Waals surface area contributed by atoms with Crippen LogP contribution in [0.15, 0.2) is 18.3 Å². The van der Waals surface area contributed by atoms with E-state index >= 15 is 0 Å². The summed E-state index contributed by atoms with van der Waals surface area (Å²) in [5.41, 5.74) is 1.34. The molecular formula is C10H11NO2. The van der Waals surface area contributed by atoms with Crippen molar-refractivity contribution in [1.82, 2.24) is 4.98 Å². The first-order chi connectivity index (χ1) is 6.09. The zero-order valence-electron chi connectivity index (χ0n) is 7.70. The normalized spacial score (nSPS) is 9.69. The van der Waals surface area contributed by atoms with Gasteiger partial charge in [-0.1, -0.05) is 0 Å². The van der Waals surface area contributed by atoms with Crippen molar-refractivity contribution in [3.63, 3.8) is 0 Å².